The fourth-order valence-electron chi connectivity index (χ4n) is 12.7. The number of rotatable bonds is 16. The lowest BCUT2D eigenvalue weighted by Gasteiger charge is -2.58. The molecule has 508 valence electrons. The first-order chi connectivity index (χ1) is 48.3. The Morgan fingerprint density at radius 1 is 0.610 bits per heavy atom. The average molecular weight is 1360 g/mol. The van der Waals surface area contributed by atoms with Gasteiger partial charge in [0, 0.05) is 90.8 Å². The molecule has 0 radical (unpaired) electrons. The minimum Gasteiger partial charge on any atom is -0.457 e. The van der Waals surface area contributed by atoms with Crippen LogP contribution in [0, 0.1) is 36.0 Å². The highest BCUT2D eigenvalue weighted by Crippen LogP contribution is 2.57. The second-order valence-corrected chi connectivity index (χ2v) is 25.9. The maximum atomic E-state index is 12.3. The van der Waals surface area contributed by atoms with Gasteiger partial charge in [-0.1, -0.05) is 79.1 Å². The van der Waals surface area contributed by atoms with Gasteiger partial charge in [-0.25, -0.2) is 14.8 Å². The smallest absolute Gasteiger partial charge is 0.323 e. The lowest BCUT2D eigenvalue weighted by Crippen LogP contribution is -2.63. The number of amides is 8. The van der Waals surface area contributed by atoms with E-state index in [4.69, 9.17) is 36.6 Å². The van der Waals surface area contributed by atoms with E-state index in [1.807, 2.05) is 140 Å². The van der Waals surface area contributed by atoms with E-state index < -0.39 is 17.7 Å². The van der Waals surface area contributed by atoms with Gasteiger partial charge in [0.25, 0.3) is 29.5 Å². The number of ether oxygens (including phenoxy) is 2. The number of hydrogen-bond donors (Lipinski definition) is 6. The molecule has 4 aliphatic rings. The van der Waals surface area contributed by atoms with Crippen LogP contribution in [0.1, 0.15) is 117 Å². The molecule has 6 heterocycles. The van der Waals surface area contributed by atoms with E-state index in [2.05, 4.69) is 51.0 Å². The molecular weight excluding hydrogens is 1280 g/mol. The zero-order valence-electron chi connectivity index (χ0n) is 55.5. The number of hydrogen-bond acceptors (Lipinski definition) is 13. The van der Waals surface area contributed by atoms with Gasteiger partial charge in [-0.2, -0.15) is 5.10 Å². The van der Waals surface area contributed by atoms with E-state index in [-0.39, 0.29) is 52.7 Å². The molecule has 1 spiro atoms. The number of H-pyrrole nitrogens is 1. The molecule has 4 fully saturated rings. The van der Waals surface area contributed by atoms with E-state index in [1.54, 1.807) is 63.7 Å². The van der Waals surface area contributed by atoms with Gasteiger partial charge in [0.1, 0.15) is 50.8 Å². The third kappa shape index (κ3) is 16.8. The predicted octanol–water partition coefficient (Wildman–Crippen LogP) is 12.1. The van der Waals surface area contributed by atoms with Crippen LogP contribution in [0.5, 0.6) is 23.0 Å². The highest BCUT2D eigenvalue weighted by Gasteiger charge is 2.54. The summed E-state index contributed by atoms with van der Waals surface area (Å²) >= 11 is 1.38. The summed E-state index contributed by atoms with van der Waals surface area (Å²) in [6, 6.07) is 48.0. The van der Waals surface area contributed by atoms with Crippen molar-refractivity contribution < 1.29 is 43.0 Å². The number of aryl methyl sites for hydroxylation is 1. The van der Waals surface area contributed by atoms with Crippen LogP contribution in [0.15, 0.2) is 177 Å². The standard InChI is InChI=1S/C26H28N6O3.C26H23N3O3S.C25H24N4O3/c1-3-23(33)31-13-5-8-21(15-31)32-16-22(25(27)34)24(30-32)18-9-11-19(12-10-18)28-26(35)29-20-7-4-6-17(2)14-20;1-2-6-21(30)29-15-26(16-29)13-18(14-26)25-28-22(23(33-25)24(27)31)17-9-11-20(12-10-17)32-19-7-4-3-5-8-19;1-2-7-21(30)29-15-6-8-18(16-29)25-27-22(23(28-25)24(26)31)17-11-13-20(14-12-17)32-19-9-4-3-5-10-19/h3-4,6-7,9-12,14,16,21H,1,5,8,13,15H2,2H3,(H2,27,34)(H2,28,29,35);3-5,7-12,18H,13-16H2,1H3,(H2,27,31);3-5,9-14,18H,6,8,15-16H2,1H3,(H2,26,31)(H,27,28)/t21-;;18-/m1.1/s1. The van der Waals surface area contributed by atoms with Gasteiger partial charge < -0.3 is 57.0 Å². The minimum atomic E-state index is -0.583. The van der Waals surface area contributed by atoms with E-state index in [9.17, 15) is 33.6 Å². The van der Waals surface area contributed by atoms with Crippen LogP contribution < -0.4 is 37.3 Å². The third-order valence-corrected chi connectivity index (χ3v) is 18.8. The number of piperidine rings is 2. The summed E-state index contributed by atoms with van der Waals surface area (Å²) in [6.07, 6.45) is 8.24. The van der Waals surface area contributed by atoms with E-state index in [1.165, 1.54) is 17.4 Å². The van der Waals surface area contributed by atoms with Crippen molar-refractivity contribution in [1.29, 1.82) is 0 Å². The summed E-state index contributed by atoms with van der Waals surface area (Å²) in [5, 5.41) is 11.2. The number of aromatic amines is 1. The van der Waals surface area contributed by atoms with Crippen LogP contribution >= 0.6 is 11.3 Å². The highest BCUT2D eigenvalue weighted by molar-refractivity contribution is 7.14. The average Bonchev–Trinajstić information content (AvgIpc) is 1.12. The number of imidazole rings is 1. The number of carbonyl (C=O) groups excluding carboxylic acids is 7. The third-order valence-electron chi connectivity index (χ3n) is 17.6. The number of urea groups is 1. The highest BCUT2D eigenvalue weighted by atomic mass is 32.1. The van der Waals surface area contributed by atoms with Gasteiger partial charge in [-0.05, 0) is 180 Å². The summed E-state index contributed by atoms with van der Waals surface area (Å²) in [6.45, 7) is 12.7. The molecule has 0 bridgehead atoms. The van der Waals surface area contributed by atoms with Crippen LogP contribution in [0.3, 0.4) is 0 Å². The molecule has 0 unspecified atom stereocenters. The SMILES string of the molecule is C=CC(=O)N1CCC[C@@H](n2cc(C(N)=O)c(-c3ccc(NC(=O)Nc4cccc(C)c4)cc3)n2)C1.CC#CC(=O)N1CC2(CC(c3nc(-c4ccc(Oc5ccccc5)cc4)c(C(N)=O)s3)C2)C1.CC#CC(=O)N1CCC[C@@H](c2nc(-c3ccc(Oc4ccccc4)cc3)c(C(N)=O)[nH]2)C1. The van der Waals surface area contributed by atoms with Crippen molar-refractivity contribution >= 4 is 64.2 Å². The normalized spacial score (nSPS) is 15.7. The van der Waals surface area contributed by atoms with Crippen molar-refractivity contribution in [2.24, 2.45) is 22.6 Å². The predicted molar refractivity (Wildman–Crippen MR) is 383 cm³/mol. The van der Waals surface area contributed by atoms with E-state index in [0.717, 1.165) is 84.8 Å². The maximum absolute atomic E-state index is 12.3. The van der Waals surface area contributed by atoms with Gasteiger partial charge in [0.05, 0.1) is 22.3 Å². The van der Waals surface area contributed by atoms with Crippen LogP contribution in [0.25, 0.3) is 33.8 Å². The maximum Gasteiger partial charge on any atom is 0.323 e. The fraction of sp³-hybridized carbons (Fsp3) is 0.247. The molecule has 100 heavy (non-hydrogen) atoms. The summed E-state index contributed by atoms with van der Waals surface area (Å²) in [5.74, 6) is 12.3. The molecule has 6 aromatic carbocycles. The van der Waals surface area contributed by atoms with Crippen molar-refractivity contribution in [3.05, 3.63) is 209 Å². The van der Waals surface area contributed by atoms with Crippen molar-refractivity contribution in [3.8, 4) is 80.5 Å². The molecular formula is C77H75N13O9S. The van der Waals surface area contributed by atoms with E-state index >= 15 is 0 Å². The number of nitrogens with zero attached hydrogens (tertiary/aromatic N) is 7. The molecule has 1 saturated carbocycles. The molecule has 23 heteroatoms. The Hall–Kier alpha value is -12.1. The topological polar surface area (TPSA) is 309 Å². The van der Waals surface area contributed by atoms with Crippen LogP contribution in [-0.2, 0) is 14.4 Å². The fourth-order valence-corrected chi connectivity index (χ4v) is 13.8. The number of benzene rings is 6. The quantitative estimate of drug-likeness (QED) is 0.0389. The Bertz CT molecular complexity index is 4630. The molecule has 13 rings (SSSR count). The molecule has 3 saturated heterocycles. The molecule has 9 aromatic rings. The van der Waals surface area contributed by atoms with Crippen molar-refractivity contribution in [1.82, 2.24) is 39.4 Å². The van der Waals surface area contributed by atoms with Gasteiger partial charge in [0.2, 0.25) is 5.91 Å². The summed E-state index contributed by atoms with van der Waals surface area (Å²) < 4.78 is 13.4. The van der Waals surface area contributed by atoms with Gasteiger partial charge in [0.15, 0.2) is 0 Å². The molecule has 8 amide bonds. The molecule has 3 aliphatic heterocycles. The van der Waals surface area contributed by atoms with E-state index in [0.29, 0.717) is 88.0 Å². The largest absolute Gasteiger partial charge is 0.457 e. The molecule has 9 N–H and O–H groups in total. The summed E-state index contributed by atoms with van der Waals surface area (Å²) in [7, 11) is 0. The Morgan fingerprint density at radius 3 is 1.75 bits per heavy atom. The van der Waals surface area contributed by atoms with Crippen molar-refractivity contribution in [2.45, 2.75) is 77.2 Å². The Labute approximate surface area is 583 Å². The zero-order chi connectivity index (χ0) is 70.5. The lowest BCUT2D eigenvalue weighted by molar-refractivity contribution is -0.145. The molecule has 1 aliphatic carbocycles. The molecule has 2 atom stereocenters. The Balaban J connectivity index is 0.000000151. The van der Waals surface area contributed by atoms with Crippen molar-refractivity contribution in [2.75, 3.05) is 49.9 Å². The number of carbonyl (C=O) groups is 7. The lowest BCUT2D eigenvalue weighted by atomic mass is 9.58. The van der Waals surface area contributed by atoms with Crippen molar-refractivity contribution in [3.63, 3.8) is 0 Å². The number of primary amides is 3. The molecule has 22 nitrogen and oxygen atoms in total. The summed E-state index contributed by atoms with van der Waals surface area (Å²) in [5.41, 5.74) is 23.9. The first-order valence-corrected chi connectivity index (χ1v) is 33.5. The summed E-state index contributed by atoms with van der Waals surface area (Å²) in [4.78, 5) is 103. The minimum absolute atomic E-state index is 0.0149. The monoisotopic (exact) mass is 1360 g/mol. The Kier molecular flexibility index (Phi) is 21.8. The molecule has 3 aromatic heterocycles. The number of para-hydroxylation sites is 2. The number of likely N-dealkylation sites (tertiary alicyclic amines) is 3. The second kappa shape index (κ2) is 31.4. The second-order valence-electron chi connectivity index (χ2n) is 24.8. The first-order valence-electron chi connectivity index (χ1n) is 32.7. The number of thiazole rings is 1. The number of nitrogens with two attached hydrogens (primary N) is 3. The zero-order valence-corrected chi connectivity index (χ0v) is 56.4. The number of anilines is 2. The van der Waals surface area contributed by atoms with Gasteiger partial charge >= 0.3 is 6.03 Å². The van der Waals surface area contributed by atoms with Gasteiger partial charge in [-0.15, -0.1) is 11.3 Å². The van der Waals surface area contributed by atoms with Crippen LogP contribution in [0.4, 0.5) is 16.2 Å². The Morgan fingerprint density at radius 2 is 1.17 bits per heavy atom. The number of nitrogens with one attached hydrogen (secondary N) is 3. The van der Waals surface area contributed by atoms with Crippen LogP contribution in [0.2, 0.25) is 0 Å². The van der Waals surface area contributed by atoms with Crippen LogP contribution in [-0.4, -0.2) is 120 Å². The first kappa shape index (κ1) is 69.3. The van der Waals surface area contributed by atoms with Gasteiger partial charge in [-0.3, -0.25) is 33.4 Å². The number of aromatic nitrogens is 5.